The molecule has 1 aliphatic rings. The summed E-state index contributed by atoms with van der Waals surface area (Å²) in [5.41, 5.74) is 3.45. The number of aromatic nitrogens is 5. The third kappa shape index (κ3) is 5.31. The first-order valence-electron chi connectivity index (χ1n) is 11.6. The van der Waals surface area contributed by atoms with E-state index in [4.69, 9.17) is 4.42 Å². The zero-order valence-electron chi connectivity index (χ0n) is 20.0. The van der Waals surface area contributed by atoms with Crippen LogP contribution in [0, 0.1) is 5.82 Å². The highest BCUT2D eigenvalue weighted by molar-refractivity contribution is 5.58. The summed E-state index contributed by atoms with van der Waals surface area (Å²) < 4.78 is 46.4. The Morgan fingerprint density at radius 2 is 1.81 bits per heavy atom. The smallest absolute Gasteiger partial charge is 0.314 e. The average Bonchev–Trinajstić information content (AvgIpc) is 3.62. The number of likely N-dealkylation sites (tertiary alicyclic amines) is 1. The highest BCUT2D eigenvalue weighted by Crippen LogP contribution is 2.25. The van der Waals surface area contributed by atoms with Crippen LogP contribution in [0.5, 0.6) is 0 Å². The van der Waals surface area contributed by atoms with Gasteiger partial charge in [-0.2, -0.15) is 8.78 Å². The van der Waals surface area contributed by atoms with Crippen LogP contribution in [0.25, 0.3) is 22.7 Å². The van der Waals surface area contributed by atoms with Crippen LogP contribution in [-0.2, 0) is 13.1 Å². The number of rotatable bonds is 8. The molecule has 1 aliphatic heterocycles. The fourth-order valence-electron chi connectivity index (χ4n) is 4.35. The van der Waals surface area contributed by atoms with Crippen LogP contribution in [0.15, 0.2) is 53.1 Å². The molecule has 11 heteroatoms. The van der Waals surface area contributed by atoms with E-state index < -0.39 is 18.1 Å². The molecule has 36 heavy (non-hydrogen) atoms. The lowest BCUT2D eigenvalue weighted by Gasteiger charge is -2.20. The van der Waals surface area contributed by atoms with E-state index in [2.05, 4.69) is 56.5 Å². The Morgan fingerprint density at radius 1 is 1.03 bits per heavy atom. The van der Waals surface area contributed by atoms with Crippen LogP contribution in [0.4, 0.5) is 13.2 Å². The van der Waals surface area contributed by atoms with E-state index in [0.29, 0.717) is 17.3 Å². The van der Waals surface area contributed by atoms with Gasteiger partial charge < -0.3 is 9.32 Å². The lowest BCUT2D eigenvalue weighted by atomic mass is 10.1. The van der Waals surface area contributed by atoms with Gasteiger partial charge in [-0.15, -0.1) is 15.3 Å². The highest BCUT2D eigenvalue weighted by Gasteiger charge is 2.23. The van der Waals surface area contributed by atoms with Crippen molar-refractivity contribution in [1.29, 1.82) is 0 Å². The molecule has 2 aromatic heterocycles. The topological polar surface area (TPSA) is 76.1 Å². The maximum absolute atomic E-state index is 14.7. The lowest BCUT2D eigenvalue weighted by Crippen LogP contribution is -2.31. The molecule has 4 aromatic rings. The molecule has 0 spiro atoms. The molecule has 188 valence electrons. The Kier molecular flexibility index (Phi) is 6.84. The standard InChI is InChI=1S/C25H26F3N7O/c1-33(2)20-9-10-34(14-20)12-16-3-5-17(6-4-16)22-15-35(32-29-22)13-19-8-7-18(11-21(19)26)24-30-31-25(36-24)23(27)28/h3-8,11,15,20,23H,9-10,12-14H2,1-2H3/t20-/m0/s1. The molecule has 0 radical (unpaired) electrons. The van der Waals surface area contributed by atoms with Crippen molar-refractivity contribution in [2.24, 2.45) is 0 Å². The fraction of sp³-hybridized carbons (Fsp3) is 0.360. The van der Waals surface area contributed by atoms with E-state index in [1.807, 2.05) is 12.1 Å². The molecule has 0 bridgehead atoms. The number of halogens is 3. The summed E-state index contributed by atoms with van der Waals surface area (Å²) in [6.45, 7) is 3.25. The summed E-state index contributed by atoms with van der Waals surface area (Å²) >= 11 is 0. The van der Waals surface area contributed by atoms with E-state index >= 15 is 0 Å². The first-order chi connectivity index (χ1) is 17.4. The second-order valence-electron chi connectivity index (χ2n) is 9.19. The SMILES string of the molecule is CN(C)[C@H]1CCN(Cc2ccc(-c3cn(Cc4ccc(-c5nnc(C(F)F)o5)cc4F)nn3)cc2)C1. The molecular formula is C25H26F3N7O. The van der Waals surface area contributed by atoms with Crippen LogP contribution in [0.3, 0.4) is 0 Å². The minimum atomic E-state index is -2.88. The van der Waals surface area contributed by atoms with Crippen molar-refractivity contribution < 1.29 is 17.6 Å². The Labute approximate surface area is 206 Å². The molecule has 0 aliphatic carbocycles. The van der Waals surface area contributed by atoms with Gasteiger partial charge in [0.25, 0.3) is 5.89 Å². The fourth-order valence-corrected chi connectivity index (χ4v) is 4.35. The third-order valence-corrected chi connectivity index (χ3v) is 6.43. The van der Waals surface area contributed by atoms with Crippen LogP contribution in [0.2, 0.25) is 0 Å². The van der Waals surface area contributed by atoms with Crippen molar-refractivity contribution in [2.45, 2.75) is 32.0 Å². The molecule has 0 unspecified atom stereocenters. The summed E-state index contributed by atoms with van der Waals surface area (Å²) in [6, 6.07) is 13.1. The predicted octanol–water partition coefficient (Wildman–Crippen LogP) is 4.26. The summed E-state index contributed by atoms with van der Waals surface area (Å²) in [6.07, 6.45) is 0.0694. The zero-order valence-corrected chi connectivity index (χ0v) is 20.0. The Hall–Kier alpha value is -3.57. The number of likely N-dealkylation sites (N-methyl/N-ethyl adjacent to an activating group) is 1. The van der Waals surface area contributed by atoms with Gasteiger partial charge in [0.05, 0.1) is 12.7 Å². The minimum Gasteiger partial charge on any atom is -0.415 e. The third-order valence-electron chi connectivity index (χ3n) is 6.43. The quantitative estimate of drug-likeness (QED) is 0.360. The van der Waals surface area contributed by atoms with Crippen LogP contribution in [0.1, 0.15) is 29.9 Å². The van der Waals surface area contributed by atoms with Crippen LogP contribution >= 0.6 is 0 Å². The predicted molar refractivity (Wildman–Crippen MR) is 127 cm³/mol. The van der Waals surface area contributed by atoms with Gasteiger partial charge in [-0.25, -0.2) is 9.07 Å². The van der Waals surface area contributed by atoms with Gasteiger partial charge in [0.15, 0.2) is 0 Å². The van der Waals surface area contributed by atoms with E-state index in [9.17, 15) is 13.2 Å². The first kappa shape index (κ1) is 24.1. The average molecular weight is 498 g/mol. The van der Waals surface area contributed by atoms with Gasteiger partial charge in [0.1, 0.15) is 11.5 Å². The lowest BCUT2D eigenvalue weighted by molar-refractivity contribution is 0.116. The second kappa shape index (κ2) is 10.2. The maximum atomic E-state index is 14.7. The van der Waals surface area contributed by atoms with Gasteiger partial charge in [0.2, 0.25) is 5.89 Å². The maximum Gasteiger partial charge on any atom is 0.314 e. The highest BCUT2D eigenvalue weighted by atomic mass is 19.3. The van der Waals surface area contributed by atoms with Gasteiger partial charge >= 0.3 is 6.43 Å². The number of nitrogens with zero attached hydrogens (tertiary/aromatic N) is 7. The summed E-state index contributed by atoms with van der Waals surface area (Å²) in [7, 11) is 4.26. The van der Waals surface area contributed by atoms with E-state index in [1.54, 1.807) is 16.9 Å². The number of benzene rings is 2. The molecule has 0 N–H and O–H groups in total. The summed E-state index contributed by atoms with van der Waals surface area (Å²) in [5.74, 6) is -1.50. The van der Waals surface area contributed by atoms with Crippen molar-refractivity contribution in [3.8, 4) is 22.7 Å². The van der Waals surface area contributed by atoms with E-state index in [0.717, 1.165) is 25.2 Å². The van der Waals surface area contributed by atoms with Crippen LogP contribution in [-0.4, -0.2) is 68.2 Å². The number of alkyl halides is 2. The van der Waals surface area contributed by atoms with Gasteiger partial charge in [-0.3, -0.25) is 4.90 Å². The Morgan fingerprint density at radius 3 is 2.47 bits per heavy atom. The molecule has 5 rings (SSSR count). The normalized spacial score (nSPS) is 16.5. The van der Waals surface area contributed by atoms with Crippen LogP contribution < -0.4 is 0 Å². The summed E-state index contributed by atoms with van der Waals surface area (Å²) in [4.78, 5) is 4.75. The monoisotopic (exact) mass is 497 g/mol. The molecule has 2 aromatic carbocycles. The Balaban J connectivity index is 1.22. The van der Waals surface area contributed by atoms with E-state index in [1.165, 1.54) is 24.1 Å². The first-order valence-corrected chi connectivity index (χ1v) is 11.6. The molecule has 0 amide bonds. The van der Waals surface area contributed by atoms with E-state index in [-0.39, 0.29) is 18.0 Å². The zero-order chi connectivity index (χ0) is 25.2. The molecule has 3 heterocycles. The second-order valence-corrected chi connectivity index (χ2v) is 9.19. The summed E-state index contributed by atoms with van der Waals surface area (Å²) in [5, 5.41) is 15.2. The Bertz CT molecular complexity index is 1320. The minimum absolute atomic E-state index is 0.158. The van der Waals surface area contributed by atoms with Crippen molar-refractivity contribution in [2.75, 3.05) is 27.2 Å². The van der Waals surface area contributed by atoms with Gasteiger partial charge in [-0.1, -0.05) is 35.5 Å². The largest absolute Gasteiger partial charge is 0.415 e. The van der Waals surface area contributed by atoms with Crippen molar-refractivity contribution >= 4 is 0 Å². The molecule has 0 saturated carbocycles. The van der Waals surface area contributed by atoms with Gasteiger partial charge in [-0.05, 0) is 38.2 Å². The molecule has 8 nitrogen and oxygen atoms in total. The molecule has 1 atom stereocenters. The number of hydrogen-bond acceptors (Lipinski definition) is 7. The van der Waals surface area contributed by atoms with Crippen molar-refractivity contribution in [3.05, 3.63) is 71.5 Å². The van der Waals surface area contributed by atoms with Crippen molar-refractivity contribution in [3.63, 3.8) is 0 Å². The number of hydrogen-bond donors (Lipinski definition) is 0. The molecule has 1 saturated heterocycles. The van der Waals surface area contributed by atoms with Crippen molar-refractivity contribution in [1.82, 2.24) is 35.0 Å². The van der Waals surface area contributed by atoms with Gasteiger partial charge in [0, 0.05) is 42.4 Å². The molecule has 1 fully saturated rings. The molecular weight excluding hydrogens is 471 g/mol.